The fourth-order valence-electron chi connectivity index (χ4n) is 5.06. The van der Waals surface area contributed by atoms with Gasteiger partial charge in [0.05, 0.1) is 10.3 Å². The number of amides is 1. The Morgan fingerprint density at radius 3 is 2.35 bits per heavy atom. The van der Waals surface area contributed by atoms with Gasteiger partial charge in [-0.3, -0.25) is 14.6 Å². The molecule has 43 heavy (non-hydrogen) atoms. The third-order valence-corrected chi connectivity index (χ3v) is 10.7. The van der Waals surface area contributed by atoms with Gasteiger partial charge in [-0.1, -0.05) is 55.0 Å². The van der Waals surface area contributed by atoms with E-state index in [2.05, 4.69) is 10.3 Å². The smallest absolute Gasteiger partial charge is 0.326 e. The number of carbonyl (C=O) groups is 3. The highest BCUT2D eigenvalue weighted by Crippen LogP contribution is 2.34. The predicted molar refractivity (Wildman–Crippen MR) is 166 cm³/mol. The number of hydrogen-bond donors (Lipinski definition) is 2. The van der Waals surface area contributed by atoms with Crippen LogP contribution in [0.1, 0.15) is 49.4 Å². The van der Waals surface area contributed by atoms with Gasteiger partial charge >= 0.3 is 5.97 Å². The fraction of sp³-hybridized carbons (Fsp3) is 0.375. The highest BCUT2D eigenvalue weighted by atomic mass is 32.2. The molecule has 2 heterocycles. The molecule has 3 aromatic rings. The topological polar surface area (TPSA) is 134 Å². The number of nitrogens with one attached hydrogen (secondary N) is 1. The summed E-state index contributed by atoms with van der Waals surface area (Å²) in [5, 5.41) is 11.9. The first-order valence-corrected chi connectivity index (χ1v) is 16.9. The van der Waals surface area contributed by atoms with Crippen LogP contribution in [0.25, 0.3) is 0 Å². The molecule has 2 aromatic carbocycles. The first-order chi connectivity index (χ1) is 20.6. The Kier molecular flexibility index (Phi) is 11.5. The number of carboxylic acids is 1. The lowest BCUT2D eigenvalue weighted by Crippen LogP contribution is -2.53. The van der Waals surface area contributed by atoms with Crippen molar-refractivity contribution < 1.29 is 27.9 Å². The zero-order valence-corrected chi connectivity index (χ0v) is 25.7. The molecule has 0 bridgehead atoms. The monoisotopic (exact) mass is 623 g/mol. The molecule has 228 valence electrons. The van der Waals surface area contributed by atoms with Crippen LogP contribution in [-0.4, -0.2) is 63.7 Å². The minimum Gasteiger partial charge on any atom is -0.480 e. The number of nitrogens with zero attached hydrogens (tertiary/aromatic N) is 2. The SMILES string of the molecule is CC1SC[C@@H](C(=O)N[C@@H](Cc2ccc(CC(=O)CCCCCc3ccccn3)cc2)C(=O)O)N1S(=O)(=O)c1ccccc1. The Balaban J connectivity index is 1.28. The molecule has 0 saturated carbocycles. The van der Waals surface area contributed by atoms with Crippen LogP contribution in [0.2, 0.25) is 0 Å². The second-order valence-electron chi connectivity index (χ2n) is 10.6. The van der Waals surface area contributed by atoms with Gasteiger partial charge in [0.15, 0.2) is 0 Å². The Labute approximate surface area is 257 Å². The number of benzene rings is 2. The van der Waals surface area contributed by atoms with Crippen molar-refractivity contribution in [3.63, 3.8) is 0 Å². The number of pyridine rings is 1. The first-order valence-electron chi connectivity index (χ1n) is 14.4. The lowest BCUT2D eigenvalue weighted by Gasteiger charge is -2.27. The fourth-order valence-corrected chi connectivity index (χ4v) is 8.39. The molecule has 1 unspecified atom stereocenters. The molecule has 0 spiro atoms. The normalized spacial score (nSPS) is 17.8. The standard InChI is InChI=1S/C32H37N3O6S2/c1-23-35(43(40,41)28-13-6-3-7-14-28)30(22-42-23)31(37)34-29(32(38)39)21-25-17-15-24(16-18-25)20-27(36)12-5-2-4-10-26-11-8-9-19-33-26/h3,6-9,11,13-19,23,29-30H,2,4-5,10,12,20-22H2,1H3,(H,34,37)(H,38,39)/t23?,29-,30-/m0/s1. The van der Waals surface area contributed by atoms with Gasteiger partial charge in [0, 0.05) is 36.9 Å². The molecule has 3 atom stereocenters. The summed E-state index contributed by atoms with van der Waals surface area (Å²) >= 11 is 1.32. The van der Waals surface area contributed by atoms with Crippen molar-refractivity contribution in [3.8, 4) is 0 Å². The number of ketones is 1. The Morgan fingerprint density at radius 1 is 0.977 bits per heavy atom. The van der Waals surface area contributed by atoms with E-state index in [0.717, 1.165) is 41.2 Å². The van der Waals surface area contributed by atoms with E-state index in [9.17, 15) is 27.9 Å². The molecule has 11 heteroatoms. The average molecular weight is 624 g/mol. The molecule has 9 nitrogen and oxygen atoms in total. The number of sulfonamides is 1. The molecule has 1 aliphatic rings. The Hall–Kier alpha value is -3.54. The highest BCUT2D eigenvalue weighted by molar-refractivity contribution is 8.01. The Morgan fingerprint density at radius 2 is 1.67 bits per heavy atom. The second kappa shape index (κ2) is 15.3. The maximum atomic E-state index is 13.3. The van der Waals surface area contributed by atoms with Crippen LogP contribution in [0.15, 0.2) is 83.9 Å². The van der Waals surface area contributed by atoms with Gasteiger partial charge in [-0.05, 0) is 61.6 Å². The molecule has 1 aromatic heterocycles. The predicted octanol–water partition coefficient (Wildman–Crippen LogP) is 4.26. The van der Waals surface area contributed by atoms with Crippen LogP contribution in [0.4, 0.5) is 0 Å². The van der Waals surface area contributed by atoms with E-state index in [4.69, 9.17) is 0 Å². The number of thioether (sulfide) groups is 1. The number of hydrogen-bond acceptors (Lipinski definition) is 7. The summed E-state index contributed by atoms with van der Waals surface area (Å²) in [6.07, 6.45) is 6.29. The summed E-state index contributed by atoms with van der Waals surface area (Å²) in [4.78, 5) is 42.1. The number of carboxylic acid groups (broad SMARTS) is 1. The van der Waals surface area contributed by atoms with Crippen LogP contribution in [-0.2, 0) is 43.7 Å². The summed E-state index contributed by atoms with van der Waals surface area (Å²) in [5.74, 6) is -1.49. The van der Waals surface area contributed by atoms with Crippen molar-refractivity contribution in [1.29, 1.82) is 0 Å². The molecule has 2 N–H and O–H groups in total. The van der Waals surface area contributed by atoms with E-state index in [1.165, 1.54) is 23.9 Å². The molecular formula is C32H37N3O6S2. The Bertz CT molecular complexity index is 1480. The third-order valence-electron chi connectivity index (χ3n) is 7.38. The van der Waals surface area contributed by atoms with Gasteiger partial charge in [-0.2, -0.15) is 4.31 Å². The lowest BCUT2D eigenvalue weighted by atomic mass is 10.00. The maximum Gasteiger partial charge on any atom is 0.326 e. The summed E-state index contributed by atoms with van der Waals surface area (Å²) in [6.45, 7) is 1.71. The molecule has 1 fully saturated rings. The van der Waals surface area contributed by atoms with E-state index in [1.807, 2.05) is 18.2 Å². The number of aromatic nitrogens is 1. The van der Waals surface area contributed by atoms with Crippen LogP contribution < -0.4 is 5.32 Å². The van der Waals surface area contributed by atoms with E-state index >= 15 is 0 Å². The van der Waals surface area contributed by atoms with Crippen LogP contribution in [0, 0.1) is 0 Å². The number of unbranched alkanes of at least 4 members (excludes halogenated alkanes) is 2. The molecule has 1 saturated heterocycles. The number of aryl methyl sites for hydroxylation is 1. The largest absolute Gasteiger partial charge is 0.480 e. The van der Waals surface area contributed by atoms with Gasteiger partial charge in [0.1, 0.15) is 17.9 Å². The summed E-state index contributed by atoms with van der Waals surface area (Å²) in [7, 11) is -3.96. The van der Waals surface area contributed by atoms with Crippen molar-refractivity contribution in [3.05, 3.63) is 95.8 Å². The van der Waals surface area contributed by atoms with Gasteiger partial charge in [0.2, 0.25) is 15.9 Å². The number of carbonyl (C=O) groups excluding carboxylic acids is 2. The maximum absolute atomic E-state index is 13.3. The zero-order chi connectivity index (χ0) is 30.8. The molecule has 1 aliphatic heterocycles. The summed E-state index contributed by atoms with van der Waals surface area (Å²) < 4.78 is 27.8. The van der Waals surface area contributed by atoms with Crippen LogP contribution in [0.5, 0.6) is 0 Å². The van der Waals surface area contributed by atoms with Gasteiger partial charge < -0.3 is 10.4 Å². The van der Waals surface area contributed by atoms with Crippen molar-refractivity contribution in [1.82, 2.24) is 14.6 Å². The zero-order valence-electron chi connectivity index (χ0n) is 24.1. The van der Waals surface area contributed by atoms with E-state index in [0.29, 0.717) is 18.4 Å². The number of aliphatic carboxylic acids is 1. The van der Waals surface area contributed by atoms with Gasteiger partial charge in [-0.15, -0.1) is 11.8 Å². The third kappa shape index (κ3) is 8.98. The van der Waals surface area contributed by atoms with Crippen LogP contribution in [0.3, 0.4) is 0 Å². The average Bonchev–Trinajstić information content (AvgIpc) is 3.41. The molecule has 0 radical (unpaired) electrons. The molecule has 1 amide bonds. The van der Waals surface area contributed by atoms with Crippen molar-refractivity contribution in [2.24, 2.45) is 0 Å². The highest BCUT2D eigenvalue weighted by Gasteiger charge is 2.45. The summed E-state index contributed by atoms with van der Waals surface area (Å²) in [5.41, 5.74) is 2.59. The molecule has 0 aliphatic carbocycles. The van der Waals surface area contributed by atoms with Gasteiger partial charge in [-0.25, -0.2) is 13.2 Å². The van der Waals surface area contributed by atoms with Crippen molar-refractivity contribution >= 4 is 39.4 Å². The molecular weight excluding hydrogens is 587 g/mol. The van der Waals surface area contributed by atoms with Crippen molar-refractivity contribution in [2.75, 3.05) is 5.75 Å². The number of rotatable bonds is 15. The molecule has 4 rings (SSSR count). The van der Waals surface area contributed by atoms with Gasteiger partial charge in [0.25, 0.3) is 0 Å². The first kappa shape index (κ1) is 32.4. The van der Waals surface area contributed by atoms with Crippen molar-refractivity contribution in [2.45, 2.75) is 74.2 Å². The van der Waals surface area contributed by atoms with E-state index in [-0.39, 0.29) is 22.9 Å². The van der Waals surface area contributed by atoms with Crippen LogP contribution >= 0.6 is 11.8 Å². The summed E-state index contributed by atoms with van der Waals surface area (Å²) in [6, 6.07) is 18.6. The van der Waals surface area contributed by atoms with E-state index < -0.39 is 39.4 Å². The number of Topliss-reactive ketones (excluding diaryl/α,β-unsaturated/α-hetero) is 1. The minimum atomic E-state index is -3.96. The van der Waals surface area contributed by atoms with E-state index in [1.54, 1.807) is 55.6 Å². The second-order valence-corrected chi connectivity index (χ2v) is 13.8. The minimum absolute atomic E-state index is 0.0203. The lowest BCUT2D eigenvalue weighted by molar-refractivity contribution is -0.142. The quantitative estimate of drug-likeness (QED) is 0.240.